The van der Waals surface area contributed by atoms with Crippen LogP contribution in [0.2, 0.25) is 0 Å². The van der Waals surface area contributed by atoms with Gasteiger partial charge >= 0.3 is 0 Å². The highest BCUT2D eigenvalue weighted by Crippen LogP contribution is 2.24. The highest BCUT2D eigenvalue weighted by Gasteiger charge is 2.12. The fourth-order valence-electron chi connectivity index (χ4n) is 2.54. The van der Waals surface area contributed by atoms with Gasteiger partial charge in [0.1, 0.15) is 5.75 Å². The van der Waals surface area contributed by atoms with Crippen LogP contribution in [0.5, 0.6) is 5.75 Å². The summed E-state index contributed by atoms with van der Waals surface area (Å²) in [7, 11) is 1.64. The maximum Gasteiger partial charge on any atom is 0.277 e. The van der Waals surface area contributed by atoms with Crippen LogP contribution >= 0.6 is 11.8 Å². The maximum absolute atomic E-state index is 5.69. The molecule has 0 aliphatic carbocycles. The third kappa shape index (κ3) is 4.40. The molecule has 0 aliphatic heterocycles. The Morgan fingerprint density at radius 2 is 1.75 bits per heavy atom. The summed E-state index contributed by atoms with van der Waals surface area (Å²) in [6.45, 7) is 2.04. The van der Waals surface area contributed by atoms with E-state index < -0.39 is 0 Å². The molecule has 0 saturated heterocycles. The van der Waals surface area contributed by atoms with Gasteiger partial charge in [0, 0.05) is 5.56 Å². The smallest absolute Gasteiger partial charge is 0.277 e. The topological polar surface area (TPSA) is 87.1 Å². The van der Waals surface area contributed by atoms with Gasteiger partial charge < -0.3 is 13.7 Å². The summed E-state index contributed by atoms with van der Waals surface area (Å²) in [5.41, 5.74) is 3.18. The standard InChI is InChI=1S/C20H18N4O3S/c1-13-3-7-15(8-4-13)19-21-18(27-24-19)12-28-20-23-22-17(26-20)11-14-5-9-16(25-2)10-6-14/h3-10H,11-12H2,1-2H3. The van der Waals surface area contributed by atoms with E-state index in [1.54, 1.807) is 7.11 Å². The van der Waals surface area contributed by atoms with Crippen molar-refractivity contribution in [1.82, 2.24) is 20.3 Å². The number of benzene rings is 2. The van der Waals surface area contributed by atoms with E-state index >= 15 is 0 Å². The van der Waals surface area contributed by atoms with Gasteiger partial charge in [0.25, 0.3) is 5.22 Å². The lowest BCUT2D eigenvalue weighted by Gasteiger charge is -2.00. The summed E-state index contributed by atoms with van der Waals surface area (Å²) in [6, 6.07) is 15.7. The lowest BCUT2D eigenvalue weighted by atomic mass is 10.1. The van der Waals surface area contributed by atoms with Crippen LogP contribution in [0.15, 0.2) is 62.7 Å². The lowest BCUT2D eigenvalue weighted by Crippen LogP contribution is -1.89. The molecule has 0 unspecified atom stereocenters. The molecule has 0 spiro atoms. The van der Waals surface area contributed by atoms with E-state index in [0.29, 0.717) is 35.0 Å². The monoisotopic (exact) mass is 394 g/mol. The Morgan fingerprint density at radius 1 is 0.964 bits per heavy atom. The minimum atomic E-state index is 0.461. The first-order valence-corrected chi connectivity index (χ1v) is 9.66. The summed E-state index contributed by atoms with van der Waals surface area (Å²) in [5, 5.41) is 12.7. The number of methoxy groups -OCH3 is 1. The van der Waals surface area contributed by atoms with E-state index in [4.69, 9.17) is 13.7 Å². The van der Waals surface area contributed by atoms with Crippen LogP contribution < -0.4 is 4.74 Å². The molecule has 0 atom stereocenters. The van der Waals surface area contributed by atoms with Crippen molar-refractivity contribution in [1.29, 1.82) is 0 Å². The molecule has 0 radical (unpaired) electrons. The van der Waals surface area contributed by atoms with Crippen molar-refractivity contribution in [3.63, 3.8) is 0 Å². The third-order valence-electron chi connectivity index (χ3n) is 4.06. The van der Waals surface area contributed by atoms with Crippen molar-refractivity contribution in [2.45, 2.75) is 24.3 Å². The van der Waals surface area contributed by atoms with E-state index in [0.717, 1.165) is 16.9 Å². The second-order valence-electron chi connectivity index (χ2n) is 6.15. The van der Waals surface area contributed by atoms with Crippen molar-refractivity contribution in [3.8, 4) is 17.1 Å². The Hall–Kier alpha value is -3.13. The van der Waals surface area contributed by atoms with E-state index in [1.807, 2.05) is 55.5 Å². The van der Waals surface area contributed by atoms with Gasteiger partial charge in [-0.05, 0) is 24.6 Å². The van der Waals surface area contributed by atoms with E-state index in [1.165, 1.54) is 17.3 Å². The van der Waals surface area contributed by atoms with Crippen LogP contribution in [-0.2, 0) is 12.2 Å². The Morgan fingerprint density at radius 3 is 2.50 bits per heavy atom. The molecule has 7 nitrogen and oxygen atoms in total. The van der Waals surface area contributed by atoms with Gasteiger partial charge in [-0.3, -0.25) is 0 Å². The Labute approximate surface area is 166 Å². The predicted octanol–water partition coefficient (Wildman–Crippen LogP) is 4.32. The lowest BCUT2D eigenvalue weighted by molar-refractivity contribution is 0.389. The van der Waals surface area contributed by atoms with Gasteiger partial charge in [-0.15, -0.1) is 10.2 Å². The first-order valence-electron chi connectivity index (χ1n) is 8.67. The van der Waals surface area contributed by atoms with E-state index in [9.17, 15) is 0 Å². The molecule has 28 heavy (non-hydrogen) atoms. The molecule has 0 saturated carbocycles. The molecule has 0 bridgehead atoms. The number of rotatable bonds is 7. The SMILES string of the molecule is COc1ccc(Cc2nnc(SCc3nc(-c4ccc(C)cc4)no3)o2)cc1. The summed E-state index contributed by atoms with van der Waals surface area (Å²) in [6.07, 6.45) is 0.565. The first kappa shape index (κ1) is 18.2. The number of nitrogens with zero attached hydrogens (tertiary/aromatic N) is 4. The normalized spacial score (nSPS) is 10.9. The average Bonchev–Trinajstić information content (AvgIpc) is 3.37. The van der Waals surface area contributed by atoms with Crippen LogP contribution in [0.4, 0.5) is 0 Å². The van der Waals surface area contributed by atoms with Gasteiger partial charge in [-0.1, -0.05) is 58.9 Å². The fourth-order valence-corrected chi connectivity index (χ4v) is 3.16. The van der Waals surface area contributed by atoms with Gasteiger partial charge in [-0.2, -0.15) is 4.98 Å². The Kier molecular flexibility index (Phi) is 5.38. The van der Waals surface area contributed by atoms with Crippen molar-refractivity contribution in [2.75, 3.05) is 7.11 Å². The molecule has 4 rings (SSSR count). The van der Waals surface area contributed by atoms with E-state index in [-0.39, 0.29) is 0 Å². The zero-order valence-corrected chi connectivity index (χ0v) is 16.3. The predicted molar refractivity (Wildman–Crippen MR) is 104 cm³/mol. The van der Waals surface area contributed by atoms with E-state index in [2.05, 4.69) is 20.3 Å². The fraction of sp³-hybridized carbons (Fsp3) is 0.200. The summed E-state index contributed by atoms with van der Waals surface area (Å²) < 4.78 is 16.2. The molecular weight excluding hydrogens is 376 g/mol. The van der Waals surface area contributed by atoms with Gasteiger partial charge in [0.15, 0.2) is 0 Å². The summed E-state index contributed by atoms with van der Waals surface area (Å²) in [5.74, 6) is 2.91. The largest absolute Gasteiger partial charge is 0.497 e. The van der Waals surface area contributed by atoms with Crippen molar-refractivity contribution < 1.29 is 13.7 Å². The van der Waals surface area contributed by atoms with Crippen LogP contribution in [0.3, 0.4) is 0 Å². The second kappa shape index (κ2) is 8.26. The van der Waals surface area contributed by atoms with Crippen molar-refractivity contribution in [3.05, 3.63) is 71.4 Å². The van der Waals surface area contributed by atoms with Gasteiger partial charge in [0.2, 0.25) is 17.6 Å². The number of ether oxygens (including phenoxy) is 1. The highest BCUT2D eigenvalue weighted by molar-refractivity contribution is 7.98. The molecule has 2 aromatic carbocycles. The number of hydrogen-bond donors (Lipinski definition) is 0. The first-order chi connectivity index (χ1) is 13.7. The summed E-state index contributed by atoms with van der Waals surface area (Å²) >= 11 is 1.37. The molecule has 2 heterocycles. The average molecular weight is 394 g/mol. The van der Waals surface area contributed by atoms with Crippen molar-refractivity contribution in [2.24, 2.45) is 0 Å². The third-order valence-corrected chi connectivity index (χ3v) is 4.86. The molecule has 0 amide bonds. The number of thioether (sulfide) groups is 1. The van der Waals surface area contributed by atoms with Crippen LogP contribution in [0.25, 0.3) is 11.4 Å². The maximum atomic E-state index is 5.69. The Balaban J connectivity index is 1.35. The molecule has 0 N–H and O–H groups in total. The Bertz CT molecular complexity index is 1040. The second-order valence-corrected chi connectivity index (χ2v) is 7.08. The molecule has 142 valence electrons. The van der Waals surface area contributed by atoms with Gasteiger partial charge in [-0.25, -0.2) is 0 Å². The minimum absolute atomic E-state index is 0.461. The van der Waals surface area contributed by atoms with Crippen molar-refractivity contribution >= 4 is 11.8 Å². The molecule has 0 fully saturated rings. The summed E-state index contributed by atoms with van der Waals surface area (Å²) in [4.78, 5) is 4.42. The number of aryl methyl sites for hydroxylation is 1. The molecule has 8 heteroatoms. The highest BCUT2D eigenvalue weighted by atomic mass is 32.2. The van der Waals surface area contributed by atoms with Gasteiger partial charge in [0.05, 0.1) is 19.3 Å². The number of aromatic nitrogens is 4. The zero-order valence-electron chi connectivity index (χ0n) is 15.5. The van der Waals surface area contributed by atoms with Crippen LogP contribution in [-0.4, -0.2) is 27.4 Å². The molecule has 0 aliphatic rings. The van der Waals surface area contributed by atoms with Crippen LogP contribution in [0, 0.1) is 6.92 Å². The minimum Gasteiger partial charge on any atom is -0.497 e. The van der Waals surface area contributed by atoms with Crippen LogP contribution in [0.1, 0.15) is 22.9 Å². The molecule has 2 aromatic heterocycles. The quantitative estimate of drug-likeness (QED) is 0.428. The molecular formula is C20H18N4O3S. The number of hydrogen-bond acceptors (Lipinski definition) is 8. The zero-order chi connectivity index (χ0) is 19.3. The molecule has 4 aromatic rings.